The van der Waals surface area contributed by atoms with Crippen LogP contribution in [0.15, 0.2) is 28.7 Å². The van der Waals surface area contributed by atoms with Gasteiger partial charge < -0.3 is 5.32 Å². The van der Waals surface area contributed by atoms with Gasteiger partial charge in [-0.15, -0.1) is 0 Å². The summed E-state index contributed by atoms with van der Waals surface area (Å²) in [7, 11) is 0. The molecular formula is C16H22BrN. The zero-order chi connectivity index (χ0) is 12.4. The zero-order valence-corrected chi connectivity index (χ0v) is 12.5. The second kappa shape index (κ2) is 5.24. The molecule has 2 heteroatoms. The second-order valence-corrected chi connectivity index (χ2v) is 7.05. The average molecular weight is 308 g/mol. The van der Waals surface area contributed by atoms with Gasteiger partial charge in [-0.25, -0.2) is 0 Å². The monoisotopic (exact) mass is 307 g/mol. The van der Waals surface area contributed by atoms with Crippen molar-refractivity contribution in [3.63, 3.8) is 0 Å². The smallest absolute Gasteiger partial charge is 0.0343 e. The molecule has 2 aliphatic carbocycles. The summed E-state index contributed by atoms with van der Waals surface area (Å²) in [6, 6.07) is 9.26. The second-order valence-electron chi connectivity index (χ2n) is 6.13. The molecular weight excluding hydrogens is 286 g/mol. The van der Waals surface area contributed by atoms with E-state index in [1.807, 2.05) is 0 Å². The first-order valence-corrected chi connectivity index (χ1v) is 8.07. The number of halogens is 1. The lowest BCUT2D eigenvalue weighted by Gasteiger charge is -2.37. The highest BCUT2D eigenvalue weighted by Crippen LogP contribution is 2.49. The van der Waals surface area contributed by atoms with Gasteiger partial charge in [-0.2, -0.15) is 0 Å². The van der Waals surface area contributed by atoms with Gasteiger partial charge in [0.2, 0.25) is 0 Å². The first kappa shape index (κ1) is 12.5. The number of hydrogen-bond acceptors (Lipinski definition) is 1. The van der Waals surface area contributed by atoms with Gasteiger partial charge in [-0.05, 0) is 68.2 Å². The summed E-state index contributed by atoms with van der Waals surface area (Å²) in [5, 5.41) is 3.69. The van der Waals surface area contributed by atoms with Crippen LogP contribution in [0.25, 0.3) is 0 Å². The fourth-order valence-corrected chi connectivity index (χ4v) is 4.05. The van der Waals surface area contributed by atoms with E-state index in [0.29, 0.717) is 6.04 Å². The van der Waals surface area contributed by atoms with Crippen LogP contribution in [0.4, 0.5) is 5.69 Å². The summed E-state index contributed by atoms with van der Waals surface area (Å²) < 4.78 is 1.15. The first-order chi connectivity index (χ1) is 8.76. The van der Waals surface area contributed by atoms with Crippen molar-refractivity contribution in [2.45, 2.75) is 57.4 Å². The normalized spacial score (nSPS) is 23.4. The Bertz CT molecular complexity index is 382. The lowest BCUT2D eigenvalue weighted by Crippen LogP contribution is -2.31. The van der Waals surface area contributed by atoms with E-state index in [4.69, 9.17) is 0 Å². The van der Waals surface area contributed by atoms with Crippen molar-refractivity contribution in [1.82, 2.24) is 0 Å². The highest BCUT2D eigenvalue weighted by Gasteiger charge is 2.37. The van der Waals surface area contributed by atoms with Crippen LogP contribution in [0.3, 0.4) is 0 Å². The van der Waals surface area contributed by atoms with E-state index >= 15 is 0 Å². The summed E-state index contributed by atoms with van der Waals surface area (Å²) in [6.07, 6.45) is 11.6. The maximum atomic E-state index is 3.69. The van der Waals surface area contributed by atoms with Crippen LogP contribution in [0.5, 0.6) is 0 Å². The molecule has 0 aromatic heterocycles. The van der Waals surface area contributed by atoms with Gasteiger partial charge in [0.25, 0.3) is 0 Å². The molecule has 1 N–H and O–H groups in total. The quantitative estimate of drug-likeness (QED) is 0.775. The topological polar surface area (TPSA) is 12.0 Å². The number of benzene rings is 1. The van der Waals surface area contributed by atoms with E-state index < -0.39 is 0 Å². The molecule has 0 bridgehead atoms. The van der Waals surface area contributed by atoms with Crippen LogP contribution < -0.4 is 5.32 Å². The molecule has 3 rings (SSSR count). The Morgan fingerprint density at radius 1 is 0.944 bits per heavy atom. The predicted molar refractivity (Wildman–Crippen MR) is 80.9 cm³/mol. The molecule has 2 aliphatic rings. The van der Waals surface area contributed by atoms with Crippen molar-refractivity contribution >= 4 is 21.6 Å². The summed E-state index contributed by atoms with van der Waals surface area (Å²) in [4.78, 5) is 0. The van der Waals surface area contributed by atoms with Crippen LogP contribution in [0, 0.1) is 5.41 Å². The van der Waals surface area contributed by atoms with Crippen LogP contribution in [0.1, 0.15) is 51.4 Å². The molecule has 18 heavy (non-hydrogen) atoms. The molecule has 98 valence electrons. The molecule has 2 fully saturated rings. The molecule has 0 amide bonds. The molecule has 1 aromatic rings. The third kappa shape index (κ3) is 2.74. The molecule has 1 spiro atoms. The Morgan fingerprint density at radius 2 is 1.56 bits per heavy atom. The molecule has 0 unspecified atom stereocenters. The van der Waals surface area contributed by atoms with Crippen LogP contribution in [-0.4, -0.2) is 6.04 Å². The maximum absolute atomic E-state index is 3.69. The van der Waals surface area contributed by atoms with Gasteiger partial charge in [0, 0.05) is 16.2 Å². The highest BCUT2D eigenvalue weighted by atomic mass is 79.9. The Morgan fingerprint density at radius 3 is 2.17 bits per heavy atom. The SMILES string of the molecule is Brc1ccc(NC2CCC3(CCCC3)CC2)cc1. The van der Waals surface area contributed by atoms with Crippen LogP contribution in [-0.2, 0) is 0 Å². The number of rotatable bonds is 2. The fraction of sp³-hybridized carbons (Fsp3) is 0.625. The third-order valence-electron chi connectivity index (χ3n) is 4.93. The lowest BCUT2D eigenvalue weighted by molar-refractivity contribution is 0.188. The third-order valence-corrected chi connectivity index (χ3v) is 5.45. The molecule has 0 saturated heterocycles. The van der Waals surface area contributed by atoms with E-state index in [2.05, 4.69) is 45.5 Å². The number of anilines is 1. The minimum absolute atomic E-state index is 0.692. The van der Waals surface area contributed by atoms with E-state index in [0.717, 1.165) is 9.89 Å². The van der Waals surface area contributed by atoms with E-state index in [-0.39, 0.29) is 0 Å². The molecule has 0 atom stereocenters. The molecule has 0 heterocycles. The van der Waals surface area contributed by atoms with Crippen molar-refractivity contribution in [2.24, 2.45) is 5.41 Å². The maximum Gasteiger partial charge on any atom is 0.0343 e. The summed E-state index contributed by atoms with van der Waals surface area (Å²) in [6.45, 7) is 0. The molecule has 1 aromatic carbocycles. The van der Waals surface area contributed by atoms with Gasteiger partial charge in [0.1, 0.15) is 0 Å². The minimum Gasteiger partial charge on any atom is -0.382 e. The van der Waals surface area contributed by atoms with Gasteiger partial charge in [0.05, 0.1) is 0 Å². The van der Waals surface area contributed by atoms with Crippen molar-refractivity contribution in [3.8, 4) is 0 Å². The fourth-order valence-electron chi connectivity index (χ4n) is 3.78. The summed E-state index contributed by atoms with van der Waals surface area (Å²) in [5.74, 6) is 0. The van der Waals surface area contributed by atoms with Gasteiger partial charge in [0.15, 0.2) is 0 Å². The lowest BCUT2D eigenvalue weighted by atomic mass is 9.71. The van der Waals surface area contributed by atoms with Crippen molar-refractivity contribution in [3.05, 3.63) is 28.7 Å². The average Bonchev–Trinajstić information content (AvgIpc) is 2.84. The Kier molecular flexibility index (Phi) is 3.65. The van der Waals surface area contributed by atoms with Crippen molar-refractivity contribution in [1.29, 1.82) is 0 Å². The largest absolute Gasteiger partial charge is 0.382 e. The van der Waals surface area contributed by atoms with Gasteiger partial charge in [-0.3, -0.25) is 0 Å². The van der Waals surface area contributed by atoms with E-state index in [9.17, 15) is 0 Å². The number of hydrogen-bond donors (Lipinski definition) is 1. The molecule has 1 nitrogen and oxygen atoms in total. The summed E-state index contributed by atoms with van der Waals surface area (Å²) >= 11 is 3.48. The Hall–Kier alpha value is -0.500. The van der Waals surface area contributed by atoms with Crippen molar-refractivity contribution in [2.75, 3.05) is 5.32 Å². The predicted octanol–water partition coefficient (Wildman–Crippen LogP) is 5.36. The first-order valence-electron chi connectivity index (χ1n) is 7.28. The number of nitrogens with one attached hydrogen (secondary N) is 1. The van der Waals surface area contributed by atoms with Crippen LogP contribution in [0.2, 0.25) is 0 Å². The minimum atomic E-state index is 0.692. The highest BCUT2D eigenvalue weighted by molar-refractivity contribution is 9.10. The molecule has 0 aliphatic heterocycles. The standard InChI is InChI=1S/C16H22BrN/c17-13-3-5-14(6-4-13)18-15-7-11-16(12-8-15)9-1-2-10-16/h3-6,15,18H,1-2,7-12H2. The van der Waals surface area contributed by atoms with Gasteiger partial charge in [-0.1, -0.05) is 28.8 Å². The molecule has 2 saturated carbocycles. The summed E-state index contributed by atoms with van der Waals surface area (Å²) in [5.41, 5.74) is 2.02. The van der Waals surface area contributed by atoms with E-state index in [1.54, 1.807) is 0 Å². The van der Waals surface area contributed by atoms with Gasteiger partial charge >= 0.3 is 0 Å². The Labute approximate surface area is 118 Å². The van der Waals surface area contributed by atoms with Crippen LogP contribution >= 0.6 is 15.9 Å². The van der Waals surface area contributed by atoms with E-state index in [1.165, 1.54) is 57.1 Å². The molecule has 0 radical (unpaired) electrons. The Balaban J connectivity index is 1.55. The van der Waals surface area contributed by atoms with Crippen molar-refractivity contribution < 1.29 is 0 Å². The zero-order valence-electron chi connectivity index (χ0n) is 10.9.